The Balaban J connectivity index is 1.78. The van der Waals surface area contributed by atoms with E-state index in [0.717, 1.165) is 17.5 Å². The number of nitrogens with two attached hydrogens (primary N) is 2. The zero-order valence-electron chi connectivity index (χ0n) is 15.7. The molecular formula is C18H22N8O2. The number of hydrazine groups is 1. The number of rotatable bonds is 5. The number of amides is 2. The van der Waals surface area contributed by atoms with Gasteiger partial charge in [-0.05, 0) is 43.2 Å². The van der Waals surface area contributed by atoms with E-state index in [0.29, 0.717) is 30.4 Å². The lowest BCUT2D eigenvalue weighted by molar-refractivity contribution is -0.118. The van der Waals surface area contributed by atoms with Gasteiger partial charge < -0.3 is 16.1 Å². The van der Waals surface area contributed by atoms with Crippen LogP contribution < -0.4 is 17.0 Å². The molecule has 10 heteroatoms. The van der Waals surface area contributed by atoms with Gasteiger partial charge in [-0.1, -0.05) is 6.07 Å². The van der Waals surface area contributed by atoms with Gasteiger partial charge in [-0.15, -0.1) is 0 Å². The summed E-state index contributed by atoms with van der Waals surface area (Å²) in [5.41, 5.74) is 2.51. The van der Waals surface area contributed by atoms with E-state index in [1.165, 1.54) is 5.01 Å². The number of hydrogen-bond acceptors (Lipinski definition) is 7. The Kier molecular flexibility index (Phi) is 5.50. The Morgan fingerprint density at radius 1 is 1.32 bits per heavy atom. The molecule has 0 bridgehead atoms. The SMILES string of the molecule is CC(C)N(N)/C(=N\N)c1cccc(NC(=O)c2cc3c(cn2)CN(C=O)C3)n1. The number of amidine groups is 1. The van der Waals surface area contributed by atoms with Crippen molar-refractivity contribution in [2.24, 2.45) is 16.8 Å². The van der Waals surface area contributed by atoms with E-state index < -0.39 is 5.91 Å². The molecule has 0 spiro atoms. The third-order valence-electron chi connectivity index (χ3n) is 4.35. The Bertz CT molecular complexity index is 928. The van der Waals surface area contributed by atoms with E-state index in [-0.39, 0.29) is 11.7 Å². The number of nitrogens with zero attached hydrogens (tertiary/aromatic N) is 5. The number of aromatic nitrogens is 2. The number of hydrazone groups is 1. The van der Waals surface area contributed by atoms with Crippen molar-refractivity contribution >= 4 is 24.0 Å². The number of carbonyl (C=O) groups is 2. The largest absolute Gasteiger partial charge is 0.337 e. The molecule has 0 radical (unpaired) electrons. The third kappa shape index (κ3) is 3.91. The van der Waals surface area contributed by atoms with Crippen LogP contribution in [-0.4, -0.2) is 44.1 Å². The van der Waals surface area contributed by atoms with Crippen molar-refractivity contribution in [3.8, 4) is 0 Å². The highest BCUT2D eigenvalue weighted by atomic mass is 16.2. The molecule has 1 aliphatic heterocycles. The molecule has 2 aromatic heterocycles. The first-order chi connectivity index (χ1) is 13.4. The maximum absolute atomic E-state index is 12.6. The lowest BCUT2D eigenvalue weighted by Gasteiger charge is -2.23. The number of fused-ring (bicyclic) bond motifs is 1. The van der Waals surface area contributed by atoms with Crippen LogP contribution in [0.3, 0.4) is 0 Å². The van der Waals surface area contributed by atoms with Gasteiger partial charge in [0.2, 0.25) is 6.41 Å². The first-order valence-electron chi connectivity index (χ1n) is 8.70. The van der Waals surface area contributed by atoms with Crippen LogP contribution in [0, 0.1) is 0 Å². The standard InChI is InChI=1S/C18H22N8O2/c1-11(2)26(20)17(24-19)14-4-3-5-16(22-14)23-18(28)15-6-12-8-25(10-27)9-13(12)7-21-15/h3-7,10-11H,8-9,19-20H2,1-2H3,(H,22,23,28)/b24-17-. The second-order valence-corrected chi connectivity index (χ2v) is 6.66. The Morgan fingerprint density at radius 3 is 2.75 bits per heavy atom. The predicted octanol–water partition coefficient (Wildman–Crippen LogP) is 0.405. The van der Waals surface area contributed by atoms with Gasteiger partial charge in [0.15, 0.2) is 5.84 Å². The summed E-state index contributed by atoms with van der Waals surface area (Å²) in [6.45, 7) is 4.75. The van der Waals surface area contributed by atoms with Gasteiger partial charge in [0.05, 0.1) is 0 Å². The van der Waals surface area contributed by atoms with Crippen LogP contribution in [0.4, 0.5) is 5.82 Å². The van der Waals surface area contributed by atoms with Gasteiger partial charge in [0.25, 0.3) is 5.91 Å². The lowest BCUT2D eigenvalue weighted by atomic mass is 10.1. The summed E-state index contributed by atoms with van der Waals surface area (Å²) in [6.07, 6.45) is 2.40. The Labute approximate surface area is 162 Å². The number of pyridine rings is 2. The van der Waals surface area contributed by atoms with Crippen LogP contribution in [0.2, 0.25) is 0 Å². The number of anilines is 1. The zero-order chi connectivity index (χ0) is 20.3. The molecule has 28 heavy (non-hydrogen) atoms. The smallest absolute Gasteiger partial charge is 0.275 e. The van der Waals surface area contributed by atoms with Gasteiger partial charge >= 0.3 is 0 Å². The number of nitrogens with one attached hydrogen (secondary N) is 1. The van der Waals surface area contributed by atoms with Gasteiger partial charge in [-0.2, -0.15) is 5.10 Å². The van der Waals surface area contributed by atoms with Crippen molar-refractivity contribution in [2.45, 2.75) is 33.0 Å². The Hall–Kier alpha value is -3.53. The van der Waals surface area contributed by atoms with E-state index in [9.17, 15) is 9.59 Å². The molecule has 0 aromatic carbocycles. The monoisotopic (exact) mass is 382 g/mol. The van der Waals surface area contributed by atoms with Crippen molar-refractivity contribution in [3.05, 3.63) is 53.0 Å². The molecule has 0 fully saturated rings. The molecule has 0 saturated heterocycles. The number of carbonyl (C=O) groups excluding carboxylic acids is 2. The molecule has 1 aliphatic rings. The highest BCUT2D eigenvalue weighted by Gasteiger charge is 2.21. The molecule has 146 valence electrons. The average Bonchev–Trinajstić information content (AvgIpc) is 3.11. The summed E-state index contributed by atoms with van der Waals surface area (Å²) in [6, 6.07) is 6.71. The van der Waals surface area contributed by atoms with Crippen molar-refractivity contribution in [2.75, 3.05) is 5.32 Å². The molecule has 5 N–H and O–H groups in total. The van der Waals surface area contributed by atoms with E-state index in [4.69, 9.17) is 11.7 Å². The molecular weight excluding hydrogens is 360 g/mol. The van der Waals surface area contributed by atoms with Crippen LogP contribution in [0.15, 0.2) is 35.6 Å². The fourth-order valence-electron chi connectivity index (χ4n) is 2.83. The third-order valence-corrected chi connectivity index (χ3v) is 4.35. The van der Waals surface area contributed by atoms with Gasteiger partial charge in [0.1, 0.15) is 17.2 Å². The minimum atomic E-state index is -0.406. The van der Waals surface area contributed by atoms with Crippen molar-refractivity contribution < 1.29 is 9.59 Å². The summed E-state index contributed by atoms with van der Waals surface area (Å²) >= 11 is 0. The average molecular weight is 382 g/mol. The number of hydrogen-bond donors (Lipinski definition) is 3. The summed E-state index contributed by atoms with van der Waals surface area (Å²) in [5, 5.41) is 7.82. The predicted molar refractivity (Wildman–Crippen MR) is 104 cm³/mol. The summed E-state index contributed by atoms with van der Waals surface area (Å²) < 4.78 is 0. The van der Waals surface area contributed by atoms with Crippen molar-refractivity contribution in [1.29, 1.82) is 0 Å². The first-order valence-corrected chi connectivity index (χ1v) is 8.70. The summed E-state index contributed by atoms with van der Waals surface area (Å²) in [7, 11) is 0. The first kappa shape index (κ1) is 19.2. The topological polar surface area (TPSA) is 143 Å². The maximum atomic E-state index is 12.6. The quantitative estimate of drug-likeness (QED) is 0.223. The minimum absolute atomic E-state index is 0.0381. The Morgan fingerprint density at radius 2 is 2.07 bits per heavy atom. The fourth-order valence-corrected chi connectivity index (χ4v) is 2.83. The van der Waals surface area contributed by atoms with Gasteiger partial charge in [-0.25, -0.2) is 10.8 Å². The van der Waals surface area contributed by atoms with E-state index in [1.54, 1.807) is 35.4 Å². The van der Waals surface area contributed by atoms with Crippen LogP contribution >= 0.6 is 0 Å². The molecule has 3 rings (SSSR count). The second kappa shape index (κ2) is 8.01. The van der Waals surface area contributed by atoms with Crippen molar-refractivity contribution in [1.82, 2.24) is 19.9 Å². The van der Waals surface area contributed by atoms with Crippen LogP contribution in [0.1, 0.15) is 41.2 Å². The molecule has 10 nitrogen and oxygen atoms in total. The summed E-state index contributed by atoms with van der Waals surface area (Å²) in [5.74, 6) is 11.7. The highest BCUT2D eigenvalue weighted by molar-refractivity contribution is 6.03. The van der Waals surface area contributed by atoms with Crippen LogP contribution in [-0.2, 0) is 17.9 Å². The molecule has 0 aliphatic carbocycles. The molecule has 3 heterocycles. The summed E-state index contributed by atoms with van der Waals surface area (Å²) in [4.78, 5) is 33.7. The molecule has 2 amide bonds. The molecule has 0 atom stereocenters. The van der Waals surface area contributed by atoms with Crippen LogP contribution in [0.5, 0.6) is 0 Å². The maximum Gasteiger partial charge on any atom is 0.275 e. The second-order valence-electron chi connectivity index (χ2n) is 6.66. The normalized spacial score (nSPS) is 13.4. The van der Waals surface area contributed by atoms with E-state index in [2.05, 4.69) is 20.4 Å². The van der Waals surface area contributed by atoms with E-state index >= 15 is 0 Å². The fraction of sp³-hybridized carbons (Fsp3) is 0.278. The molecule has 2 aromatic rings. The molecule has 0 unspecified atom stereocenters. The van der Waals surface area contributed by atoms with E-state index in [1.807, 2.05) is 13.8 Å². The van der Waals surface area contributed by atoms with Crippen LogP contribution in [0.25, 0.3) is 0 Å². The highest BCUT2D eigenvalue weighted by Crippen LogP contribution is 2.21. The minimum Gasteiger partial charge on any atom is -0.337 e. The molecule has 0 saturated carbocycles. The van der Waals surface area contributed by atoms with Gasteiger partial charge in [0, 0.05) is 25.3 Å². The van der Waals surface area contributed by atoms with Crippen molar-refractivity contribution in [3.63, 3.8) is 0 Å². The van der Waals surface area contributed by atoms with Gasteiger partial charge in [-0.3, -0.25) is 19.6 Å². The lowest BCUT2D eigenvalue weighted by Crippen LogP contribution is -2.44. The zero-order valence-corrected chi connectivity index (χ0v) is 15.7.